The van der Waals surface area contributed by atoms with Crippen molar-refractivity contribution >= 4 is 5.91 Å². The van der Waals surface area contributed by atoms with Crippen LogP contribution >= 0.6 is 0 Å². The molecular formula is C5H7F3N2O. The molecule has 1 aliphatic rings. The molecular weight excluding hydrogens is 161 g/mol. The summed E-state index contributed by atoms with van der Waals surface area (Å²) in [5.74, 6) is -2.16. The van der Waals surface area contributed by atoms with Gasteiger partial charge in [0.25, 0.3) is 0 Å². The number of carbonyl (C=O) groups is 1. The van der Waals surface area contributed by atoms with Crippen LogP contribution in [0.4, 0.5) is 13.2 Å². The summed E-state index contributed by atoms with van der Waals surface area (Å²) in [7, 11) is 0. The molecule has 1 aliphatic heterocycles. The fraction of sp³-hybridized carbons (Fsp3) is 0.800. The maximum atomic E-state index is 11.9. The summed E-state index contributed by atoms with van der Waals surface area (Å²) in [6.07, 6.45) is -4.75. The van der Waals surface area contributed by atoms with Crippen LogP contribution in [0.1, 0.15) is 6.42 Å². The molecule has 1 unspecified atom stereocenters. The maximum absolute atomic E-state index is 11.9. The third-order valence-electron chi connectivity index (χ3n) is 1.47. The molecule has 0 spiro atoms. The minimum Gasteiger partial charge on any atom is -0.292 e. The van der Waals surface area contributed by atoms with Gasteiger partial charge in [-0.15, -0.1) is 0 Å². The van der Waals surface area contributed by atoms with E-state index in [0.29, 0.717) is 0 Å². The Kier molecular flexibility index (Phi) is 2.03. The molecule has 64 valence electrons. The van der Waals surface area contributed by atoms with Crippen LogP contribution in [0.5, 0.6) is 0 Å². The minimum absolute atomic E-state index is 0.241. The van der Waals surface area contributed by atoms with E-state index in [2.05, 4.69) is 10.9 Å². The largest absolute Gasteiger partial charge is 0.393 e. The number of amides is 1. The molecule has 1 amide bonds. The van der Waals surface area contributed by atoms with E-state index >= 15 is 0 Å². The average molecular weight is 168 g/mol. The lowest BCUT2D eigenvalue weighted by molar-refractivity contribution is -0.182. The maximum Gasteiger partial charge on any atom is 0.393 e. The van der Waals surface area contributed by atoms with Gasteiger partial charge >= 0.3 is 6.18 Å². The SMILES string of the molecule is O=C1CC(C(F)(F)F)CNN1. The number of carbonyl (C=O) groups excluding carboxylic acids is 1. The first-order chi connectivity index (χ1) is 5.00. The third kappa shape index (κ3) is 2.07. The van der Waals surface area contributed by atoms with E-state index < -0.39 is 24.4 Å². The fourth-order valence-corrected chi connectivity index (χ4v) is 0.851. The number of alkyl halides is 3. The van der Waals surface area contributed by atoms with Crippen molar-refractivity contribution in [1.29, 1.82) is 0 Å². The molecule has 1 heterocycles. The van der Waals surface area contributed by atoms with E-state index in [-0.39, 0.29) is 6.54 Å². The van der Waals surface area contributed by atoms with Gasteiger partial charge in [0.2, 0.25) is 5.91 Å². The van der Waals surface area contributed by atoms with Crippen LogP contribution < -0.4 is 10.9 Å². The Labute approximate surface area is 60.9 Å². The summed E-state index contributed by atoms with van der Waals surface area (Å²) >= 11 is 0. The highest BCUT2D eigenvalue weighted by atomic mass is 19.4. The standard InChI is InChI=1S/C5H7F3N2O/c6-5(7,8)3-1-4(11)10-9-2-3/h3,9H,1-2H2,(H,10,11). The average Bonchev–Trinajstić information content (AvgIpc) is 1.86. The zero-order valence-electron chi connectivity index (χ0n) is 5.53. The van der Waals surface area contributed by atoms with Crippen LogP contribution in [0.3, 0.4) is 0 Å². The molecule has 1 fully saturated rings. The lowest BCUT2D eigenvalue weighted by Crippen LogP contribution is -2.50. The molecule has 0 aromatic rings. The number of hydrogen-bond donors (Lipinski definition) is 2. The second-order valence-corrected chi connectivity index (χ2v) is 2.37. The molecule has 6 heteroatoms. The van der Waals surface area contributed by atoms with Crippen LogP contribution in [-0.2, 0) is 4.79 Å². The molecule has 3 nitrogen and oxygen atoms in total. The van der Waals surface area contributed by atoms with E-state index in [0.717, 1.165) is 0 Å². The summed E-state index contributed by atoms with van der Waals surface area (Å²) in [5.41, 5.74) is 4.27. The van der Waals surface area contributed by atoms with Crippen LogP contribution in [0.2, 0.25) is 0 Å². The smallest absolute Gasteiger partial charge is 0.292 e. The molecule has 0 aromatic heterocycles. The normalized spacial score (nSPS) is 26.5. The van der Waals surface area contributed by atoms with Crippen molar-refractivity contribution in [2.75, 3.05) is 6.54 Å². The lowest BCUT2D eigenvalue weighted by Gasteiger charge is -2.24. The van der Waals surface area contributed by atoms with E-state index in [4.69, 9.17) is 0 Å². The van der Waals surface area contributed by atoms with Crippen molar-refractivity contribution in [2.24, 2.45) is 5.92 Å². The van der Waals surface area contributed by atoms with Gasteiger partial charge in [0, 0.05) is 13.0 Å². The molecule has 0 bridgehead atoms. The zero-order valence-corrected chi connectivity index (χ0v) is 5.53. The van der Waals surface area contributed by atoms with Gasteiger partial charge in [-0.1, -0.05) is 0 Å². The second kappa shape index (κ2) is 2.69. The summed E-state index contributed by atoms with van der Waals surface area (Å²) in [4.78, 5) is 10.4. The van der Waals surface area contributed by atoms with Crippen molar-refractivity contribution in [3.8, 4) is 0 Å². The molecule has 1 saturated heterocycles. The minimum atomic E-state index is -4.27. The van der Waals surface area contributed by atoms with Gasteiger partial charge in [0.05, 0.1) is 5.92 Å². The Balaban J connectivity index is 2.53. The van der Waals surface area contributed by atoms with Crippen LogP contribution in [-0.4, -0.2) is 18.6 Å². The summed E-state index contributed by atoms with van der Waals surface area (Å²) in [6.45, 7) is -0.241. The molecule has 1 rings (SSSR count). The quantitative estimate of drug-likeness (QED) is 0.542. The van der Waals surface area contributed by atoms with Gasteiger partial charge < -0.3 is 0 Å². The van der Waals surface area contributed by atoms with Gasteiger partial charge in [-0.2, -0.15) is 13.2 Å². The predicted molar refractivity (Wildman–Crippen MR) is 30.3 cm³/mol. The Morgan fingerprint density at radius 3 is 2.45 bits per heavy atom. The Hall–Kier alpha value is -0.780. The number of rotatable bonds is 0. The van der Waals surface area contributed by atoms with Crippen molar-refractivity contribution in [2.45, 2.75) is 12.6 Å². The monoisotopic (exact) mass is 168 g/mol. The van der Waals surface area contributed by atoms with E-state index in [1.807, 2.05) is 0 Å². The highest BCUT2D eigenvalue weighted by Crippen LogP contribution is 2.28. The van der Waals surface area contributed by atoms with Gasteiger partial charge in [-0.05, 0) is 0 Å². The van der Waals surface area contributed by atoms with Gasteiger partial charge in [0.1, 0.15) is 0 Å². The van der Waals surface area contributed by atoms with Gasteiger partial charge in [0.15, 0.2) is 0 Å². The Morgan fingerprint density at radius 1 is 1.45 bits per heavy atom. The Bertz CT molecular complexity index is 168. The van der Waals surface area contributed by atoms with Crippen LogP contribution in [0, 0.1) is 5.92 Å². The molecule has 0 radical (unpaired) electrons. The first-order valence-corrected chi connectivity index (χ1v) is 3.08. The van der Waals surface area contributed by atoms with E-state index in [1.54, 1.807) is 0 Å². The van der Waals surface area contributed by atoms with Crippen molar-refractivity contribution in [1.82, 2.24) is 10.9 Å². The summed E-state index contributed by atoms with van der Waals surface area (Å²) in [5, 5.41) is 0. The summed E-state index contributed by atoms with van der Waals surface area (Å²) < 4.78 is 35.7. The Morgan fingerprint density at radius 2 is 2.09 bits per heavy atom. The molecule has 0 aliphatic carbocycles. The molecule has 0 aromatic carbocycles. The number of nitrogens with one attached hydrogen (secondary N) is 2. The first kappa shape index (κ1) is 8.32. The van der Waals surface area contributed by atoms with Crippen molar-refractivity contribution in [3.63, 3.8) is 0 Å². The fourth-order valence-electron chi connectivity index (χ4n) is 0.851. The summed E-state index contributed by atoms with van der Waals surface area (Å²) in [6, 6.07) is 0. The van der Waals surface area contributed by atoms with Crippen LogP contribution in [0.15, 0.2) is 0 Å². The number of hydrazine groups is 1. The van der Waals surface area contributed by atoms with E-state index in [1.165, 1.54) is 0 Å². The topological polar surface area (TPSA) is 41.1 Å². The molecule has 1 atom stereocenters. The molecule has 2 N–H and O–H groups in total. The second-order valence-electron chi connectivity index (χ2n) is 2.37. The van der Waals surface area contributed by atoms with Gasteiger partial charge in [-0.3, -0.25) is 10.2 Å². The highest BCUT2D eigenvalue weighted by Gasteiger charge is 2.42. The van der Waals surface area contributed by atoms with Gasteiger partial charge in [-0.25, -0.2) is 5.43 Å². The van der Waals surface area contributed by atoms with Crippen LogP contribution in [0.25, 0.3) is 0 Å². The first-order valence-electron chi connectivity index (χ1n) is 3.08. The van der Waals surface area contributed by atoms with E-state index in [9.17, 15) is 18.0 Å². The van der Waals surface area contributed by atoms with Crippen molar-refractivity contribution in [3.05, 3.63) is 0 Å². The molecule has 0 saturated carbocycles. The van der Waals surface area contributed by atoms with Crippen molar-refractivity contribution < 1.29 is 18.0 Å². The lowest BCUT2D eigenvalue weighted by atomic mass is 10.0. The zero-order chi connectivity index (χ0) is 8.48. The predicted octanol–water partition coefficient (Wildman–Crippen LogP) is 0.189. The number of halogens is 3. The number of hydrogen-bond acceptors (Lipinski definition) is 2. The third-order valence-corrected chi connectivity index (χ3v) is 1.47. The highest BCUT2D eigenvalue weighted by molar-refractivity contribution is 5.76. The molecule has 11 heavy (non-hydrogen) atoms.